The van der Waals surface area contributed by atoms with E-state index in [9.17, 15) is 0 Å². The first-order valence-electron chi connectivity index (χ1n) is 4.24. The third-order valence-electron chi connectivity index (χ3n) is 2.50. The van der Waals surface area contributed by atoms with Crippen LogP contribution in [0.2, 0.25) is 0 Å². The Morgan fingerprint density at radius 2 is 1.80 bits per heavy atom. The molecule has 0 amide bonds. The van der Waals surface area contributed by atoms with Gasteiger partial charge in [-0.25, -0.2) is 0 Å². The van der Waals surface area contributed by atoms with Crippen LogP contribution in [-0.2, 0) is 0 Å². The van der Waals surface area contributed by atoms with Crippen molar-refractivity contribution in [3.8, 4) is 0 Å². The fourth-order valence-corrected chi connectivity index (χ4v) is 2.11. The minimum atomic E-state index is 0.482. The molecule has 0 aromatic heterocycles. The zero-order valence-corrected chi connectivity index (χ0v) is 7.81. The van der Waals surface area contributed by atoms with Gasteiger partial charge in [-0.05, 0) is 18.9 Å². The molecule has 1 unspecified atom stereocenters. The summed E-state index contributed by atoms with van der Waals surface area (Å²) in [6, 6.07) is 1.66. The second kappa shape index (κ2) is 2.23. The van der Waals surface area contributed by atoms with E-state index >= 15 is 0 Å². The molecule has 0 bridgehead atoms. The van der Waals surface area contributed by atoms with Gasteiger partial charge in [-0.1, -0.05) is 27.7 Å². The van der Waals surface area contributed by atoms with Crippen LogP contribution in [0.25, 0.3) is 0 Å². The second-order valence-electron chi connectivity index (χ2n) is 4.38. The molecule has 1 saturated heterocycles. The normalized spacial score (nSPS) is 39.9. The molecule has 1 aliphatic heterocycles. The lowest BCUT2D eigenvalue weighted by molar-refractivity contribution is 0.334. The van der Waals surface area contributed by atoms with Crippen molar-refractivity contribution in [2.75, 3.05) is 6.54 Å². The van der Waals surface area contributed by atoms with Gasteiger partial charge in [-0.2, -0.15) is 0 Å². The van der Waals surface area contributed by atoms with Gasteiger partial charge in [0.05, 0.1) is 0 Å². The number of hydrogen-bond acceptors (Lipinski definition) is 1. The first kappa shape index (κ1) is 8.06. The number of hydrogen-bond donors (Lipinski definition) is 0. The zero-order chi connectivity index (χ0) is 7.94. The van der Waals surface area contributed by atoms with Crippen molar-refractivity contribution in [2.45, 2.75) is 46.7 Å². The summed E-state index contributed by atoms with van der Waals surface area (Å²) in [5, 5.41) is 0. The molecule has 0 N–H and O–H groups in total. The Morgan fingerprint density at radius 3 is 1.90 bits per heavy atom. The van der Waals surface area contributed by atoms with E-state index in [1.165, 1.54) is 6.54 Å². The molecule has 10 heavy (non-hydrogen) atoms. The molecule has 1 heteroatoms. The average molecular weight is 141 g/mol. The van der Waals surface area contributed by atoms with E-state index in [0.717, 1.165) is 12.1 Å². The molecule has 0 spiro atoms. The third-order valence-corrected chi connectivity index (χ3v) is 2.50. The summed E-state index contributed by atoms with van der Waals surface area (Å²) >= 11 is 0. The maximum Gasteiger partial charge on any atom is 0.0300 e. The summed E-state index contributed by atoms with van der Waals surface area (Å²) in [5.74, 6) is 0. The smallest absolute Gasteiger partial charge is 0.0300 e. The molecule has 60 valence electrons. The van der Waals surface area contributed by atoms with Gasteiger partial charge in [0.15, 0.2) is 0 Å². The Labute approximate surface area is 64.4 Å². The van der Waals surface area contributed by atoms with Crippen molar-refractivity contribution in [1.29, 1.82) is 0 Å². The van der Waals surface area contributed by atoms with Crippen LogP contribution in [-0.4, -0.2) is 23.5 Å². The predicted octanol–water partition coefficient (Wildman–Crippen LogP) is 2.13. The van der Waals surface area contributed by atoms with E-state index < -0.39 is 0 Å². The van der Waals surface area contributed by atoms with Gasteiger partial charge >= 0.3 is 0 Å². The van der Waals surface area contributed by atoms with Crippen molar-refractivity contribution in [1.82, 2.24) is 4.90 Å². The minimum absolute atomic E-state index is 0.482. The van der Waals surface area contributed by atoms with Crippen molar-refractivity contribution < 1.29 is 0 Å². The highest BCUT2D eigenvalue weighted by Gasteiger charge is 2.49. The Kier molecular flexibility index (Phi) is 1.80. The van der Waals surface area contributed by atoms with Crippen LogP contribution >= 0.6 is 0 Å². The summed E-state index contributed by atoms with van der Waals surface area (Å²) in [7, 11) is 0. The highest BCUT2D eigenvalue weighted by molar-refractivity contribution is 5.04. The molecule has 0 aromatic rings. The largest absolute Gasteiger partial charge is 0.294 e. The molecule has 3 atom stereocenters. The first-order valence-corrected chi connectivity index (χ1v) is 4.24. The Balaban J connectivity index is 2.48. The van der Waals surface area contributed by atoms with Crippen LogP contribution < -0.4 is 0 Å². The van der Waals surface area contributed by atoms with Crippen LogP contribution in [0.5, 0.6) is 0 Å². The monoisotopic (exact) mass is 141 g/mol. The molecule has 0 radical (unpaired) electrons. The van der Waals surface area contributed by atoms with E-state index in [-0.39, 0.29) is 0 Å². The van der Waals surface area contributed by atoms with E-state index in [1.807, 2.05) is 0 Å². The van der Waals surface area contributed by atoms with Crippen molar-refractivity contribution in [2.24, 2.45) is 5.41 Å². The maximum absolute atomic E-state index is 2.54. The quantitative estimate of drug-likeness (QED) is 0.505. The van der Waals surface area contributed by atoms with Crippen molar-refractivity contribution in [3.05, 3.63) is 0 Å². The third kappa shape index (κ3) is 1.20. The summed E-state index contributed by atoms with van der Waals surface area (Å²) in [5.41, 5.74) is 0.482. The molecule has 1 fully saturated rings. The highest BCUT2D eigenvalue weighted by atomic mass is 15.3. The number of likely N-dealkylation sites (N-methyl/N-ethyl adjacent to an activating group) is 1. The fourth-order valence-electron chi connectivity index (χ4n) is 2.11. The molecule has 1 rings (SSSR count). The lowest BCUT2D eigenvalue weighted by Gasteiger charge is -2.17. The first-order chi connectivity index (χ1) is 4.48. The van der Waals surface area contributed by atoms with Crippen LogP contribution in [0.15, 0.2) is 0 Å². The Hall–Kier alpha value is -0.0400. The topological polar surface area (TPSA) is 3.01 Å². The van der Waals surface area contributed by atoms with Crippen LogP contribution in [0.4, 0.5) is 0 Å². The summed E-state index contributed by atoms with van der Waals surface area (Å²) in [6.45, 7) is 12.7. The number of rotatable bonds is 1. The van der Waals surface area contributed by atoms with Gasteiger partial charge in [-0.15, -0.1) is 0 Å². The van der Waals surface area contributed by atoms with Gasteiger partial charge in [-0.3, -0.25) is 4.90 Å². The van der Waals surface area contributed by atoms with Gasteiger partial charge < -0.3 is 0 Å². The fraction of sp³-hybridized carbons (Fsp3) is 1.00. The average Bonchev–Trinajstić information content (AvgIpc) is 2.39. The van der Waals surface area contributed by atoms with Crippen molar-refractivity contribution >= 4 is 0 Å². The summed E-state index contributed by atoms with van der Waals surface area (Å²) < 4.78 is 0. The van der Waals surface area contributed by atoms with Gasteiger partial charge in [0.2, 0.25) is 0 Å². The molecule has 1 aliphatic rings. The molecule has 1 heterocycles. The maximum atomic E-state index is 2.54. The second-order valence-corrected chi connectivity index (χ2v) is 4.38. The van der Waals surface area contributed by atoms with E-state index in [0.29, 0.717) is 5.41 Å². The predicted molar refractivity (Wildman–Crippen MR) is 45.1 cm³/mol. The van der Waals surface area contributed by atoms with Crippen LogP contribution in [0, 0.1) is 5.41 Å². The standard InChI is InChI=1S/C9H19N/c1-6-10-7(2)8(10)9(3,4)5/h7-8H,6H2,1-5H3/t7-,8-,10?/m0/s1. The lowest BCUT2D eigenvalue weighted by atomic mass is 9.90. The molecule has 0 aromatic carbocycles. The molecule has 0 aliphatic carbocycles. The number of nitrogens with zero attached hydrogens (tertiary/aromatic N) is 1. The Morgan fingerprint density at radius 1 is 1.30 bits per heavy atom. The lowest BCUT2D eigenvalue weighted by Crippen LogP contribution is -2.18. The SMILES string of the molecule is CCN1[C@H](C(C)(C)C)[C@@H]1C. The van der Waals surface area contributed by atoms with E-state index in [1.54, 1.807) is 0 Å². The summed E-state index contributed by atoms with van der Waals surface area (Å²) in [4.78, 5) is 2.54. The molecule has 1 nitrogen and oxygen atoms in total. The van der Waals surface area contributed by atoms with Crippen LogP contribution in [0.1, 0.15) is 34.6 Å². The van der Waals surface area contributed by atoms with E-state index in [4.69, 9.17) is 0 Å². The van der Waals surface area contributed by atoms with Crippen LogP contribution in [0.3, 0.4) is 0 Å². The van der Waals surface area contributed by atoms with Gasteiger partial charge in [0, 0.05) is 12.1 Å². The van der Waals surface area contributed by atoms with Gasteiger partial charge in [0.25, 0.3) is 0 Å². The summed E-state index contributed by atoms with van der Waals surface area (Å²) in [6.07, 6.45) is 0. The molecular weight excluding hydrogens is 122 g/mol. The zero-order valence-electron chi connectivity index (χ0n) is 7.81. The molecular formula is C9H19N. The van der Waals surface area contributed by atoms with Crippen molar-refractivity contribution in [3.63, 3.8) is 0 Å². The van der Waals surface area contributed by atoms with E-state index in [2.05, 4.69) is 39.5 Å². The van der Waals surface area contributed by atoms with Gasteiger partial charge in [0.1, 0.15) is 0 Å². The molecule has 0 saturated carbocycles. The minimum Gasteiger partial charge on any atom is -0.294 e. The Bertz CT molecular complexity index is 123. The highest BCUT2D eigenvalue weighted by Crippen LogP contribution is 2.40.